The van der Waals surface area contributed by atoms with E-state index < -0.39 is 0 Å². The van der Waals surface area contributed by atoms with Gasteiger partial charge in [0, 0.05) is 16.6 Å². The highest BCUT2D eigenvalue weighted by atomic mass is 32.1. The Balaban J connectivity index is 1.62. The molecule has 0 aliphatic carbocycles. The third-order valence-electron chi connectivity index (χ3n) is 4.76. The van der Waals surface area contributed by atoms with Crippen LogP contribution in [0.4, 0.5) is 10.1 Å². The molecule has 0 fully saturated rings. The fourth-order valence-corrected chi connectivity index (χ4v) is 4.21. The summed E-state index contributed by atoms with van der Waals surface area (Å²) in [4.78, 5) is 29.7. The lowest BCUT2D eigenvalue weighted by molar-refractivity contribution is -0.116. The van der Waals surface area contributed by atoms with Crippen molar-refractivity contribution in [2.75, 3.05) is 5.32 Å². The Morgan fingerprint density at radius 2 is 1.83 bits per heavy atom. The van der Waals surface area contributed by atoms with Gasteiger partial charge in [0.2, 0.25) is 5.91 Å². The monoisotopic (exact) mass is 407 g/mol. The van der Waals surface area contributed by atoms with Crippen LogP contribution in [0.2, 0.25) is 0 Å². The van der Waals surface area contributed by atoms with Crippen LogP contribution in [0.1, 0.15) is 11.1 Å². The molecule has 0 radical (unpaired) electrons. The van der Waals surface area contributed by atoms with E-state index in [0.717, 1.165) is 27.9 Å². The number of hydrogen-bond acceptors (Lipinski definition) is 4. The molecule has 2 heterocycles. The van der Waals surface area contributed by atoms with Crippen LogP contribution in [0, 0.1) is 19.7 Å². The Morgan fingerprint density at radius 1 is 1.14 bits per heavy atom. The number of nitrogens with one attached hydrogen (secondary N) is 1. The van der Waals surface area contributed by atoms with Gasteiger partial charge in [0.05, 0.1) is 11.8 Å². The van der Waals surface area contributed by atoms with Gasteiger partial charge >= 0.3 is 0 Å². The van der Waals surface area contributed by atoms with E-state index in [1.54, 1.807) is 12.1 Å². The van der Waals surface area contributed by atoms with Gasteiger partial charge in [0.25, 0.3) is 5.56 Å². The number of aromatic nitrogens is 2. The zero-order valence-electron chi connectivity index (χ0n) is 15.9. The molecule has 2 aromatic carbocycles. The number of carbonyl (C=O) groups is 1. The van der Waals surface area contributed by atoms with Crippen LogP contribution in [0.15, 0.2) is 59.0 Å². The maximum Gasteiger partial charge on any atom is 0.271 e. The number of anilines is 1. The summed E-state index contributed by atoms with van der Waals surface area (Å²) in [6, 6.07) is 11.8. The largest absolute Gasteiger partial charge is 0.324 e. The van der Waals surface area contributed by atoms with Crippen molar-refractivity contribution in [3.63, 3.8) is 0 Å². The predicted octanol–water partition coefficient (Wildman–Crippen LogP) is 4.52. The summed E-state index contributed by atoms with van der Waals surface area (Å²) in [7, 11) is 0. The first-order chi connectivity index (χ1) is 13.9. The second kappa shape index (κ2) is 7.60. The summed E-state index contributed by atoms with van der Waals surface area (Å²) >= 11 is 1.27. The number of para-hydroxylation sites is 1. The fraction of sp³-hybridized carbons (Fsp3) is 0.136. The van der Waals surface area contributed by atoms with Crippen LogP contribution < -0.4 is 10.9 Å². The Kier molecular flexibility index (Phi) is 4.98. The van der Waals surface area contributed by atoms with E-state index in [1.807, 2.05) is 37.4 Å². The third kappa shape index (κ3) is 3.69. The van der Waals surface area contributed by atoms with E-state index in [1.165, 1.54) is 34.4 Å². The number of aryl methyl sites for hydroxylation is 2. The summed E-state index contributed by atoms with van der Waals surface area (Å²) < 4.78 is 14.9. The Morgan fingerprint density at radius 3 is 2.52 bits per heavy atom. The van der Waals surface area contributed by atoms with Gasteiger partial charge in [-0.1, -0.05) is 30.3 Å². The van der Waals surface area contributed by atoms with Gasteiger partial charge in [-0.3, -0.25) is 14.2 Å². The number of carbonyl (C=O) groups excluding carboxylic acids is 1. The zero-order valence-corrected chi connectivity index (χ0v) is 16.7. The molecule has 0 aliphatic heterocycles. The fourth-order valence-electron chi connectivity index (χ4n) is 3.23. The van der Waals surface area contributed by atoms with Gasteiger partial charge in [-0.25, -0.2) is 9.37 Å². The van der Waals surface area contributed by atoms with Gasteiger partial charge < -0.3 is 5.32 Å². The van der Waals surface area contributed by atoms with Crippen LogP contribution in [0.25, 0.3) is 21.3 Å². The molecule has 7 heteroatoms. The minimum Gasteiger partial charge on any atom is -0.324 e. The lowest BCUT2D eigenvalue weighted by atomic mass is 10.1. The molecule has 4 aromatic rings. The molecule has 0 bridgehead atoms. The molecule has 1 amide bonds. The number of amides is 1. The maximum absolute atomic E-state index is 13.2. The molecule has 29 heavy (non-hydrogen) atoms. The second-order valence-corrected chi connectivity index (χ2v) is 7.71. The minimum atomic E-state index is -0.321. The highest BCUT2D eigenvalue weighted by Crippen LogP contribution is 2.30. The van der Waals surface area contributed by atoms with Crippen molar-refractivity contribution in [2.45, 2.75) is 20.4 Å². The first-order valence-electron chi connectivity index (χ1n) is 9.02. The van der Waals surface area contributed by atoms with Crippen LogP contribution in [0.5, 0.6) is 0 Å². The number of nitrogens with zero attached hydrogens (tertiary/aromatic N) is 2. The highest BCUT2D eigenvalue weighted by Gasteiger charge is 2.15. The van der Waals surface area contributed by atoms with Crippen molar-refractivity contribution >= 4 is 33.1 Å². The average molecular weight is 407 g/mol. The number of rotatable bonds is 4. The molecule has 1 N–H and O–H groups in total. The maximum atomic E-state index is 13.2. The molecular formula is C22H18FN3O2S. The van der Waals surface area contributed by atoms with E-state index in [4.69, 9.17) is 0 Å². The van der Waals surface area contributed by atoms with Crippen molar-refractivity contribution in [1.82, 2.24) is 9.55 Å². The minimum absolute atomic E-state index is 0.126. The number of hydrogen-bond donors (Lipinski definition) is 1. The Bertz CT molecular complexity index is 1260. The number of fused-ring (bicyclic) bond motifs is 1. The normalized spacial score (nSPS) is 11.0. The zero-order chi connectivity index (χ0) is 20.5. The Hall–Kier alpha value is -3.32. The molecule has 4 rings (SSSR count). The van der Waals surface area contributed by atoms with Crippen LogP contribution in [-0.4, -0.2) is 15.5 Å². The topological polar surface area (TPSA) is 64.0 Å². The van der Waals surface area contributed by atoms with E-state index in [2.05, 4.69) is 10.3 Å². The number of halogens is 1. The third-order valence-corrected chi connectivity index (χ3v) is 5.72. The quantitative estimate of drug-likeness (QED) is 0.541. The summed E-state index contributed by atoms with van der Waals surface area (Å²) in [5.41, 5.74) is 4.52. The van der Waals surface area contributed by atoms with E-state index in [-0.39, 0.29) is 23.8 Å². The molecule has 0 saturated carbocycles. The van der Waals surface area contributed by atoms with E-state index in [9.17, 15) is 14.0 Å². The van der Waals surface area contributed by atoms with Gasteiger partial charge in [0.1, 0.15) is 17.1 Å². The van der Waals surface area contributed by atoms with Crippen LogP contribution in [-0.2, 0) is 11.3 Å². The second-order valence-electron chi connectivity index (χ2n) is 6.83. The highest BCUT2D eigenvalue weighted by molar-refractivity contribution is 7.17. The molecular weight excluding hydrogens is 389 g/mol. The molecule has 0 unspecified atom stereocenters. The average Bonchev–Trinajstić information content (AvgIpc) is 3.12. The smallest absolute Gasteiger partial charge is 0.271 e. The summed E-state index contributed by atoms with van der Waals surface area (Å²) in [6.45, 7) is 3.72. The van der Waals surface area contributed by atoms with Crippen molar-refractivity contribution < 1.29 is 9.18 Å². The molecule has 0 atom stereocenters. The van der Waals surface area contributed by atoms with Crippen molar-refractivity contribution in [1.29, 1.82) is 0 Å². The first-order valence-corrected chi connectivity index (χ1v) is 9.90. The van der Waals surface area contributed by atoms with Gasteiger partial charge in [0.15, 0.2) is 0 Å². The lowest BCUT2D eigenvalue weighted by Crippen LogP contribution is -2.27. The van der Waals surface area contributed by atoms with Crippen molar-refractivity contribution in [3.05, 3.63) is 81.5 Å². The summed E-state index contributed by atoms with van der Waals surface area (Å²) in [5, 5.41) is 4.71. The molecule has 0 saturated heterocycles. The molecule has 146 valence electrons. The molecule has 0 spiro atoms. The summed E-state index contributed by atoms with van der Waals surface area (Å²) in [5.74, 6) is -0.612. The van der Waals surface area contributed by atoms with Gasteiger partial charge in [-0.15, -0.1) is 11.3 Å². The number of benzene rings is 2. The van der Waals surface area contributed by atoms with E-state index >= 15 is 0 Å². The van der Waals surface area contributed by atoms with Gasteiger partial charge in [-0.2, -0.15) is 0 Å². The SMILES string of the molecule is Cc1cccc(C)c1NC(=O)Cn1cnc2c(-c3ccc(F)cc3)csc2c1=O. The summed E-state index contributed by atoms with van der Waals surface area (Å²) in [6.07, 6.45) is 1.38. The van der Waals surface area contributed by atoms with Crippen molar-refractivity contribution in [2.24, 2.45) is 0 Å². The standard InChI is InChI=1S/C22H18FN3O2S/c1-13-4-3-5-14(2)19(13)25-18(27)10-26-12-24-20-17(11-29-21(20)22(26)28)15-6-8-16(23)9-7-15/h3-9,11-12H,10H2,1-2H3,(H,25,27). The lowest BCUT2D eigenvalue weighted by Gasteiger charge is -2.12. The first kappa shape index (κ1) is 19.0. The molecule has 0 aliphatic rings. The van der Waals surface area contributed by atoms with Crippen LogP contribution in [0.3, 0.4) is 0 Å². The van der Waals surface area contributed by atoms with Gasteiger partial charge in [-0.05, 0) is 42.7 Å². The van der Waals surface area contributed by atoms with Crippen molar-refractivity contribution in [3.8, 4) is 11.1 Å². The molecule has 2 aromatic heterocycles. The van der Waals surface area contributed by atoms with Crippen LogP contribution >= 0.6 is 11.3 Å². The number of thiophene rings is 1. The molecule has 5 nitrogen and oxygen atoms in total. The van der Waals surface area contributed by atoms with E-state index in [0.29, 0.717) is 10.2 Å². The Labute approximate surface area is 170 Å². The predicted molar refractivity (Wildman–Crippen MR) is 114 cm³/mol.